The topological polar surface area (TPSA) is 280 Å². The minimum absolute atomic E-state index is 0.00278. The molecular weight excluding hydrogens is 548 g/mol. The maximum atomic E-state index is 13.5. The first kappa shape index (κ1) is 31.6. The van der Waals surface area contributed by atoms with Gasteiger partial charge in [0.25, 0.3) is 0 Å². The van der Waals surface area contributed by atoms with Crippen molar-refractivity contribution in [2.24, 2.45) is 22.2 Å². The van der Waals surface area contributed by atoms with E-state index >= 15 is 0 Å². The van der Waals surface area contributed by atoms with Crippen LogP contribution in [0.5, 0.6) is 0 Å². The standard InChI is InChI=1S/C26H36N10O6/c27-17(12-37)22(38)34-19(6-3-7-31-26(28)29)23(39)35-20(8-14-10-32-18-5-2-1-4-16(14)18)24(40)36-21(25(41)42)9-15-11-30-13-33-15/h1-2,4-5,10-11,13,17,19-21,32,37H,3,6-9,12,27H2,(H,30,33)(H,34,38)(H,35,39)(H,36,40)(H,41,42)(H4,28,29,31). The van der Waals surface area contributed by atoms with Gasteiger partial charge in [-0.05, 0) is 24.5 Å². The van der Waals surface area contributed by atoms with E-state index in [1.165, 1.54) is 12.5 Å². The van der Waals surface area contributed by atoms with Crippen LogP contribution in [-0.2, 0) is 32.0 Å². The summed E-state index contributed by atoms with van der Waals surface area (Å²) in [5.74, 6) is -3.67. The zero-order chi connectivity index (χ0) is 30.6. The molecule has 3 rings (SSSR count). The summed E-state index contributed by atoms with van der Waals surface area (Å²) in [7, 11) is 0. The van der Waals surface area contributed by atoms with Crippen molar-refractivity contribution in [1.29, 1.82) is 0 Å². The Bertz CT molecular complexity index is 1390. The lowest BCUT2D eigenvalue weighted by Gasteiger charge is -2.25. The number of aliphatic imine (C=N–C) groups is 1. The first-order chi connectivity index (χ1) is 20.1. The van der Waals surface area contributed by atoms with E-state index in [0.29, 0.717) is 11.3 Å². The van der Waals surface area contributed by atoms with Crippen molar-refractivity contribution in [2.75, 3.05) is 13.2 Å². The van der Waals surface area contributed by atoms with Crippen LogP contribution < -0.4 is 33.2 Å². The number of aliphatic hydroxyl groups is 1. The molecule has 2 aromatic heterocycles. The molecule has 0 aliphatic rings. The third-order valence-corrected chi connectivity index (χ3v) is 6.44. The summed E-state index contributed by atoms with van der Waals surface area (Å²) in [6.07, 6.45) is 4.83. The fourth-order valence-electron chi connectivity index (χ4n) is 4.22. The third kappa shape index (κ3) is 9.03. The Kier molecular flexibility index (Phi) is 11.4. The molecule has 0 radical (unpaired) electrons. The molecule has 1 aromatic carbocycles. The summed E-state index contributed by atoms with van der Waals surface area (Å²) in [6, 6.07) is 2.37. The van der Waals surface area contributed by atoms with E-state index < -0.39 is 54.5 Å². The van der Waals surface area contributed by atoms with Gasteiger partial charge in [-0.2, -0.15) is 0 Å². The molecule has 0 saturated heterocycles. The quantitative estimate of drug-likeness (QED) is 0.0483. The number of carboxylic acids is 1. The number of aliphatic hydroxyl groups excluding tert-OH is 1. The Labute approximate surface area is 240 Å². The lowest BCUT2D eigenvalue weighted by atomic mass is 10.0. The Balaban J connectivity index is 1.85. The molecule has 0 aliphatic heterocycles. The number of carboxylic acid groups (broad SMARTS) is 1. The summed E-state index contributed by atoms with van der Waals surface area (Å²) in [5.41, 5.74) is 18.3. The third-order valence-electron chi connectivity index (χ3n) is 6.44. The average Bonchev–Trinajstić information content (AvgIpc) is 3.63. The molecule has 4 unspecified atom stereocenters. The molecule has 0 spiro atoms. The first-order valence-corrected chi connectivity index (χ1v) is 13.2. The second-order valence-electron chi connectivity index (χ2n) is 9.60. The summed E-state index contributed by atoms with van der Waals surface area (Å²) >= 11 is 0. The molecule has 0 aliphatic carbocycles. The number of nitrogens with one attached hydrogen (secondary N) is 5. The highest BCUT2D eigenvalue weighted by atomic mass is 16.4. The number of H-pyrrole nitrogens is 2. The number of fused-ring (bicyclic) bond motifs is 1. The van der Waals surface area contributed by atoms with Crippen LogP contribution in [0.4, 0.5) is 0 Å². The number of carbonyl (C=O) groups is 4. The van der Waals surface area contributed by atoms with E-state index in [-0.39, 0.29) is 38.2 Å². The van der Waals surface area contributed by atoms with Gasteiger partial charge in [0.05, 0.1) is 12.9 Å². The van der Waals surface area contributed by atoms with Crippen LogP contribution in [0.1, 0.15) is 24.1 Å². The lowest BCUT2D eigenvalue weighted by Crippen LogP contribution is -2.58. The highest BCUT2D eigenvalue weighted by Crippen LogP contribution is 2.19. The van der Waals surface area contributed by atoms with E-state index in [9.17, 15) is 29.4 Å². The molecule has 0 bridgehead atoms. The van der Waals surface area contributed by atoms with Crippen molar-refractivity contribution >= 4 is 40.6 Å². The van der Waals surface area contributed by atoms with Gasteiger partial charge in [0.1, 0.15) is 24.2 Å². The molecule has 2 heterocycles. The molecule has 42 heavy (non-hydrogen) atoms. The molecule has 3 amide bonds. The largest absolute Gasteiger partial charge is 0.480 e. The van der Waals surface area contributed by atoms with Crippen LogP contribution in [0.3, 0.4) is 0 Å². The van der Waals surface area contributed by atoms with Gasteiger partial charge in [-0.3, -0.25) is 19.4 Å². The number of aliphatic carboxylic acids is 1. The molecular formula is C26H36N10O6. The number of amides is 3. The predicted molar refractivity (Wildman–Crippen MR) is 153 cm³/mol. The van der Waals surface area contributed by atoms with Crippen molar-refractivity contribution < 1.29 is 29.4 Å². The molecule has 3 aromatic rings. The van der Waals surface area contributed by atoms with Crippen molar-refractivity contribution in [3.05, 3.63) is 54.2 Å². The molecule has 226 valence electrons. The van der Waals surface area contributed by atoms with E-state index in [0.717, 1.165) is 10.9 Å². The van der Waals surface area contributed by atoms with Gasteiger partial charge in [-0.25, -0.2) is 9.78 Å². The second-order valence-corrected chi connectivity index (χ2v) is 9.60. The van der Waals surface area contributed by atoms with Crippen molar-refractivity contribution in [1.82, 2.24) is 30.9 Å². The van der Waals surface area contributed by atoms with Gasteiger partial charge in [-0.15, -0.1) is 0 Å². The molecule has 16 heteroatoms. The number of carbonyl (C=O) groups excluding carboxylic acids is 3. The Hall–Kier alpha value is -4.96. The molecule has 16 nitrogen and oxygen atoms in total. The van der Waals surface area contributed by atoms with Gasteiger partial charge in [0.2, 0.25) is 17.7 Å². The lowest BCUT2D eigenvalue weighted by molar-refractivity contribution is -0.142. The summed E-state index contributed by atoms with van der Waals surface area (Å²) in [4.78, 5) is 65.0. The van der Waals surface area contributed by atoms with Gasteiger partial charge in [0, 0.05) is 48.4 Å². The summed E-state index contributed by atoms with van der Waals surface area (Å²) in [5, 5.41) is 27.5. The van der Waals surface area contributed by atoms with E-state index in [1.54, 1.807) is 6.20 Å². The molecule has 0 saturated carbocycles. The molecule has 0 fully saturated rings. The Morgan fingerprint density at radius 2 is 1.64 bits per heavy atom. The monoisotopic (exact) mass is 584 g/mol. The van der Waals surface area contributed by atoms with Crippen molar-refractivity contribution in [3.63, 3.8) is 0 Å². The summed E-state index contributed by atoms with van der Waals surface area (Å²) in [6.45, 7) is -0.478. The fraction of sp³-hybridized carbons (Fsp3) is 0.385. The van der Waals surface area contributed by atoms with Crippen LogP contribution in [0.2, 0.25) is 0 Å². The zero-order valence-electron chi connectivity index (χ0n) is 22.7. The minimum atomic E-state index is -1.32. The van der Waals surface area contributed by atoms with Gasteiger partial charge in [0.15, 0.2) is 5.96 Å². The van der Waals surface area contributed by atoms with Gasteiger partial charge >= 0.3 is 5.97 Å². The highest BCUT2D eigenvalue weighted by molar-refractivity contribution is 5.95. The number of aromatic nitrogens is 3. The number of benzene rings is 1. The van der Waals surface area contributed by atoms with E-state index in [4.69, 9.17) is 17.2 Å². The normalized spacial score (nSPS) is 13.9. The number of aromatic amines is 2. The van der Waals surface area contributed by atoms with Crippen molar-refractivity contribution in [3.8, 4) is 0 Å². The van der Waals surface area contributed by atoms with Crippen LogP contribution in [0, 0.1) is 0 Å². The van der Waals surface area contributed by atoms with E-state index in [2.05, 4.69) is 35.9 Å². The Morgan fingerprint density at radius 3 is 2.31 bits per heavy atom. The average molecular weight is 585 g/mol. The Morgan fingerprint density at radius 1 is 0.952 bits per heavy atom. The first-order valence-electron chi connectivity index (χ1n) is 13.2. The number of guanidine groups is 1. The maximum Gasteiger partial charge on any atom is 0.326 e. The van der Waals surface area contributed by atoms with Crippen LogP contribution in [0.25, 0.3) is 10.9 Å². The van der Waals surface area contributed by atoms with Gasteiger partial charge in [-0.1, -0.05) is 18.2 Å². The number of para-hydroxylation sites is 1. The smallest absolute Gasteiger partial charge is 0.326 e. The minimum Gasteiger partial charge on any atom is -0.480 e. The molecule has 4 atom stereocenters. The predicted octanol–water partition coefficient (Wildman–Crippen LogP) is -2.41. The second kappa shape index (κ2) is 15.2. The number of imidazole rings is 1. The number of nitrogens with two attached hydrogens (primary N) is 3. The number of nitrogens with zero attached hydrogens (tertiary/aromatic N) is 2. The SMILES string of the molecule is NC(N)=NCCCC(NC(=O)C(N)CO)C(=O)NC(Cc1c[nH]c2ccccc12)C(=O)NC(Cc1cnc[nH]1)C(=O)O. The fourth-order valence-corrected chi connectivity index (χ4v) is 4.22. The summed E-state index contributed by atoms with van der Waals surface area (Å²) < 4.78 is 0. The van der Waals surface area contributed by atoms with Crippen LogP contribution >= 0.6 is 0 Å². The van der Waals surface area contributed by atoms with Crippen molar-refractivity contribution in [2.45, 2.75) is 49.9 Å². The zero-order valence-corrected chi connectivity index (χ0v) is 22.7. The number of rotatable bonds is 16. The number of hydrogen-bond donors (Lipinski definition) is 10. The number of hydrogen-bond acceptors (Lipinski definition) is 8. The molecule has 13 N–H and O–H groups in total. The van der Waals surface area contributed by atoms with Crippen LogP contribution in [0.15, 0.2) is 48.0 Å². The van der Waals surface area contributed by atoms with E-state index in [1.807, 2.05) is 24.3 Å². The van der Waals surface area contributed by atoms with Gasteiger partial charge < -0.3 is 53.3 Å². The maximum absolute atomic E-state index is 13.5. The van der Waals surface area contributed by atoms with Crippen LogP contribution in [-0.4, -0.2) is 92.1 Å². The highest BCUT2D eigenvalue weighted by Gasteiger charge is 2.31.